The molecule has 4 heteroatoms. The maximum atomic E-state index is 11.8. The molecule has 0 bridgehead atoms. The van der Waals surface area contributed by atoms with Crippen molar-refractivity contribution in [3.8, 4) is 5.75 Å². The van der Waals surface area contributed by atoms with Gasteiger partial charge in [-0.15, -0.1) is 0 Å². The van der Waals surface area contributed by atoms with Gasteiger partial charge in [0.05, 0.1) is 23.7 Å². The van der Waals surface area contributed by atoms with E-state index in [1.807, 2.05) is 19.1 Å². The normalized spacial score (nSPS) is 10.1. The zero-order valence-electron chi connectivity index (χ0n) is 9.06. The van der Waals surface area contributed by atoms with Crippen LogP contribution in [0.5, 0.6) is 5.75 Å². The summed E-state index contributed by atoms with van der Waals surface area (Å²) >= 11 is 3.36. The molecule has 1 N–H and O–H groups in total. The van der Waals surface area contributed by atoms with Crippen LogP contribution in [0.2, 0.25) is 0 Å². The first-order valence-electron chi connectivity index (χ1n) is 4.62. The Kier molecular flexibility index (Phi) is 4.29. The molecule has 1 aromatic carbocycles. The molecule has 0 unspecified atom stereocenters. The van der Waals surface area contributed by atoms with Crippen LogP contribution >= 0.6 is 15.9 Å². The van der Waals surface area contributed by atoms with Gasteiger partial charge < -0.3 is 10.1 Å². The maximum absolute atomic E-state index is 11.8. The summed E-state index contributed by atoms with van der Waals surface area (Å²) in [5.74, 6) is 0.642. The van der Waals surface area contributed by atoms with Crippen molar-refractivity contribution in [1.29, 1.82) is 0 Å². The summed E-state index contributed by atoms with van der Waals surface area (Å²) in [5.41, 5.74) is 1.57. The molecule has 1 aromatic rings. The van der Waals surface area contributed by atoms with E-state index in [4.69, 9.17) is 4.74 Å². The van der Waals surface area contributed by atoms with Crippen LogP contribution in [0, 0.1) is 6.92 Å². The predicted octanol–water partition coefficient (Wildman–Crippen LogP) is 2.17. The lowest BCUT2D eigenvalue weighted by atomic mass is 10.0. The van der Waals surface area contributed by atoms with Crippen molar-refractivity contribution in [2.45, 2.75) is 6.92 Å². The lowest BCUT2D eigenvalue weighted by molar-refractivity contribution is 0.0990. The summed E-state index contributed by atoms with van der Waals surface area (Å²) in [6.45, 7) is 2.21. The molecule has 0 radical (unpaired) electrons. The number of benzene rings is 1. The van der Waals surface area contributed by atoms with E-state index in [-0.39, 0.29) is 5.78 Å². The van der Waals surface area contributed by atoms with E-state index in [2.05, 4.69) is 21.2 Å². The average molecular weight is 272 g/mol. The first-order chi connectivity index (χ1) is 7.11. The molecule has 0 aliphatic heterocycles. The van der Waals surface area contributed by atoms with E-state index >= 15 is 0 Å². The molecule has 1 rings (SSSR count). The van der Waals surface area contributed by atoms with Crippen LogP contribution < -0.4 is 10.1 Å². The third kappa shape index (κ3) is 2.58. The molecule has 82 valence electrons. The summed E-state index contributed by atoms with van der Waals surface area (Å²) in [6.07, 6.45) is 0. The van der Waals surface area contributed by atoms with Crippen molar-refractivity contribution in [2.24, 2.45) is 0 Å². The number of halogens is 1. The summed E-state index contributed by atoms with van der Waals surface area (Å²) in [6, 6.07) is 3.78. The predicted molar refractivity (Wildman–Crippen MR) is 63.7 cm³/mol. The van der Waals surface area contributed by atoms with Gasteiger partial charge in [0.15, 0.2) is 5.78 Å². The van der Waals surface area contributed by atoms with Crippen LogP contribution in [0.4, 0.5) is 0 Å². The van der Waals surface area contributed by atoms with E-state index in [1.54, 1.807) is 14.2 Å². The Morgan fingerprint density at radius 1 is 1.53 bits per heavy atom. The van der Waals surface area contributed by atoms with E-state index in [9.17, 15) is 4.79 Å². The Hall–Kier alpha value is -0.870. The Balaban J connectivity index is 3.24. The summed E-state index contributed by atoms with van der Waals surface area (Å²) in [4.78, 5) is 11.8. The third-order valence-corrected chi connectivity index (χ3v) is 2.76. The standard InChI is InChI=1S/C11H14BrNO2/c1-7-4-5-8(12)11(15-3)10(7)9(14)6-13-2/h4-5,13H,6H2,1-3H3. The summed E-state index contributed by atoms with van der Waals surface area (Å²) < 4.78 is 6.03. The smallest absolute Gasteiger partial charge is 0.180 e. The molecule has 0 heterocycles. The maximum Gasteiger partial charge on any atom is 0.180 e. The largest absolute Gasteiger partial charge is 0.495 e. The summed E-state index contributed by atoms with van der Waals surface area (Å²) in [5, 5.41) is 2.84. The SMILES string of the molecule is CNCC(=O)c1c(C)ccc(Br)c1OC. The van der Waals surface area contributed by atoms with Gasteiger partial charge in [-0.05, 0) is 41.5 Å². The molecule has 3 nitrogen and oxygen atoms in total. The lowest BCUT2D eigenvalue weighted by Gasteiger charge is -2.12. The van der Waals surface area contributed by atoms with Gasteiger partial charge in [-0.1, -0.05) is 6.07 Å². The number of likely N-dealkylation sites (N-methyl/N-ethyl adjacent to an activating group) is 1. The van der Waals surface area contributed by atoms with Gasteiger partial charge in [-0.25, -0.2) is 0 Å². The van der Waals surface area contributed by atoms with Crippen LogP contribution in [-0.4, -0.2) is 26.5 Å². The van der Waals surface area contributed by atoms with Crippen LogP contribution in [0.3, 0.4) is 0 Å². The molecular formula is C11H14BrNO2. The van der Waals surface area contributed by atoms with E-state index in [0.29, 0.717) is 17.9 Å². The van der Waals surface area contributed by atoms with Crippen LogP contribution in [0.1, 0.15) is 15.9 Å². The highest BCUT2D eigenvalue weighted by atomic mass is 79.9. The first kappa shape index (κ1) is 12.2. The Morgan fingerprint density at radius 3 is 2.73 bits per heavy atom. The number of rotatable bonds is 4. The van der Waals surface area contributed by atoms with Crippen LogP contribution in [0.25, 0.3) is 0 Å². The van der Waals surface area contributed by atoms with Crippen LogP contribution in [-0.2, 0) is 0 Å². The van der Waals surface area contributed by atoms with Crippen molar-refractivity contribution in [1.82, 2.24) is 5.32 Å². The number of hydrogen-bond donors (Lipinski definition) is 1. The zero-order valence-corrected chi connectivity index (χ0v) is 10.6. The fourth-order valence-corrected chi connectivity index (χ4v) is 1.94. The van der Waals surface area contributed by atoms with E-state index in [0.717, 1.165) is 10.0 Å². The van der Waals surface area contributed by atoms with Gasteiger partial charge in [0.25, 0.3) is 0 Å². The first-order valence-corrected chi connectivity index (χ1v) is 5.42. The minimum absolute atomic E-state index is 0.0353. The molecule has 0 aliphatic carbocycles. The average Bonchev–Trinajstić information content (AvgIpc) is 2.21. The monoisotopic (exact) mass is 271 g/mol. The number of Topliss-reactive ketones (excluding diaryl/α,β-unsaturated/α-hetero) is 1. The molecule has 0 saturated carbocycles. The Labute approximate surface area is 97.9 Å². The highest BCUT2D eigenvalue weighted by molar-refractivity contribution is 9.10. The topological polar surface area (TPSA) is 38.3 Å². The number of ether oxygens (including phenoxy) is 1. The minimum Gasteiger partial charge on any atom is -0.495 e. The number of nitrogens with one attached hydrogen (secondary N) is 1. The highest BCUT2D eigenvalue weighted by Gasteiger charge is 2.16. The van der Waals surface area contributed by atoms with Crippen molar-refractivity contribution >= 4 is 21.7 Å². The zero-order chi connectivity index (χ0) is 11.4. The Morgan fingerprint density at radius 2 is 2.20 bits per heavy atom. The molecule has 0 spiro atoms. The molecule has 0 fully saturated rings. The number of aryl methyl sites for hydroxylation is 1. The quantitative estimate of drug-likeness (QED) is 0.854. The number of hydrogen-bond acceptors (Lipinski definition) is 3. The molecule has 0 aromatic heterocycles. The van der Waals surface area contributed by atoms with E-state index < -0.39 is 0 Å². The molecule has 0 saturated heterocycles. The second-order valence-corrected chi connectivity index (χ2v) is 4.08. The van der Waals surface area contributed by atoms with E-state index in [1.165, 1.54) is 0 Å². The fourth-order valence-electron chi connectivity index (χ4n) is 1.45. The molecule has 15 heavy (non-hydrogen) atoms. The highest BCUT2D eigenvalue weighted by Crippen LogP contribution is 2.31. The molecular weight excluding hydrogens is 258 g/mol. The van der Waals surface area contributed by atoms with Crippen molar-refractivity contribution in [2.75, 3.05) is 20.7 Å². The molecule has 0 aliphatic rings. The van der Waals surface area contributed by atoms with Crippen molar-refractivity contribution in [3.63, 3.8) is 0 Å². The summed E-state index contributed by atoms with van der Waals surface area (Å²) in [7, 11) is 3.31. The number of carbonyl (C=O) groups excluding carboxylic acids is 1. The van der Waals surface area contributed by atoms with Gasteiger partial charge in [0.2, 0.25) is 0 Å². The van der Waals surface area contributed by atoms with Crippen LogP contribution in [0.15, 0.2) is 16.6 Å². The Bertz CT molecular complexity index is 377. The van der Waals surface area contributed by atoms with Crippen molar-refractivity contribution < 1.29 is 9.53 Å². The van der Waals surface area contributed by atoms with Gasteiger partial charge in [-0.3, -0.25) is 4.79 Å². The lowest BCUT2D eigenvalue weighted by Crippen LogP contribution is -2.20. The molecule has 0 atom stereocenters. The van der Waals surface area contributed by atoms with Crippen molar-refractivity contribution in [3.05, 3.63) is 27.7 Å². The number of carbonyl (C=O) groups is 1. The van der Waals surface area contributed by atoms with Gasteiger partial charge >= 0.3 is 0 Å². The van der Waals surface area contributed by atoms with Gasteiger partial charge in [0, 0.05) is 0 Å². The second-order valence-electron chi connectivity index (χ2n) is 3.23. The number of methoxy groups -OCH3 is 1. The third-order valence-electron chi connectivity index (χ3n) is 2.14. The molecule has 0 amide bonds. The van der Waals surface area contributed by atoms with Gasteiger partial charge in [0.1, 0.15) is 5.75 Å². The minimum atomic E-state index is 0.0353. The number of ketones is 1. The van der Waals surface area contributed by atoms with Gasteiger partial charge in [-0.2, -0.15) is 0 Å². The fraction of sp³-hybridized carbons (Fsp3) is 0.364. The second kappa shape index (κ2) is 5.28.